The molecule has 3 aromatic carbocycles. The first-order chi connectivity index (χ1) is 49.8. The quantitative estimate of drug-likeness (QED) is 0.0317. The van der Waals surface area contributed by atoms with Crippen LogP contribution < -0.4 is 0 Å². The summed E-state index contributed by atoms with van der Waals surface area (Å²) < 4.78 is 56.9. The molecular formula is C90H156Br3O7P. The SMILES string of the molecule is CCCCCCCCCCCCCCCCCCC(COCc1ccccc1)CC(CBr)OP(=O)(OC(CBr)CC(CCCCCCCCCCCCCCCCCC)COCc1ccccc1)OC(CBr)CC(CCCCCCCCCCCCCCCCCC)COCc1ccccc1. The molecule has 0 bridgehead atoms. The first-order valence-electron chi connectivity index (χ1n) is 43.0. The fourth-order valence-corrected chi connectivity index (χ4v) is 18.2. The number of alkyl halides is 3. The molecule has 0 radical (unpaired) electrons. The van der Waals surface area contributed by atoms with Gasteiger partial charge in [-0.3, -0.25) is 13.6 Å². The predicted molar refractivity (Wildman–Crippen MR) is 449 cm³/mol. The highest BCUT2D eigenvalue weighted by atomic mass is 79.9. The average molecular weight is 1620 g/mol. The van der Waals surface area contributed by atoms with Crippen molar-refractivity contribution in [3.8, 4) is 0 Å². The van der Waals surface area contributed by atoms with Crippen molar-refractivity contribution < 1.29 is 32.3 Å². The topological polar surface area (TPSA) is 72.5 Å². The number of rotatable bonds is 78. The van der Waals surface area contributed by atoms with Gasteiger partial charge in [-0.1, -0.05) is 468 Å². The Balaban J connectivity index is 1.77. The van der Waals surface area contributed by atoms with Crippen LogP contribution in [0.2, 0.25) is 0 Å². The van der Waals surface area contributed by atoms with Crippen LogP contribution in [-0.2, 0) is 52.2 Å². The number of unbranched alkanes of at least 4 members (excludes halogenated alkanes) is 45. The van der Waals surface area contributed by atoms with Gasteiger partial charge in [0.2, 0.25) is 0 Å². The van der Waals surface area contributed by atoms with Crippen LogP contribution in [0.5, 0.6) is 0 Å². The van der Waals surface area contributed by atoms with Crippen molar-refractivity contribution in [3.05, 3.63) is 108 Å². The van der Waals surface area contributed by atoms with E-state index in [2.05, 4.69) is 160 Å². The molecule has 0 saturated carbocycles. The molecule has 101 heavy (non-hydrogen) atoms. The molecule has 0 aliphatic heterocycles. The molecular weight excluding hydrogens is 1460 g/mol. The number of hydrogen-bond donors (Lipinski definition) is 0. The van der Waals surface area contributed by atoms with Gasteiger partial charge in [0.1, 0.15) is 0 Å². The summed E-state index contributed by atoms with van der Waals surface area (Å²) in [5.41, 5.74) is 3.52. The average Bonchev–Trinajstić information content (AvgIpc) is 0.840. The highest BCUT2D eigenvalue weighted by molar-refractivity contribution is 9.09. The van der Waals surface area contributed by atoms with E-state index in [-0.39, 0.29) is 17.8 Å². The van der Waals surface area contributed by atoms with E-state index in [1.165, 1.54) is 306 Å². The van der Waals surface area contributed by atoms with E-state index in [0.717, 1.165) is 38.5 Å². The van der Waals surface area contributed by atoms with Gasteiger partial charge in [0.25, 0.3) is 0 Å². The van der Waals surface area contributed by atoms with E-state index >= 15 is 4.57 Å². The summed E-state index contributed by atoms with van der Waals surface area (Å²) in [6.07, 6.45) is 68.6. The number of benzene rings is 3. The molecule has 0 N–H and O–H groups in total. The van der Waals surface area contributed by atoms with Crippen LogP contribution in [-0.4, -0.2) is 54.1 Å². The van der Waals surface area contributed by atoms with Gasteiger partial charge in [-0.25, -0.2) is 4.57 Å². The molecule has 7 nitrogen and oxygen atoms in total. The molecule has 0 fully saturated rings. The summed E-state index contributed by atoms with van der Waals surface area (Å²) in [7, 11) is -4.23. The molecule has 0 spiro atoms. The molecule has 3 rings (SSSR count). The van der Waals surface area contributed by atoms with Crippen LogP contribution in [0.3, 0.4) is 0 Å². The minimum Gasteiger partial charge on any atom is -0.376 e. The molecule has 0 heterocycles. The molecule has 3 aromatic rings. The van der Waals surface area contributed by atoms with Gasteiger partial charge < -0.3 is 14.2 Å². The Hall–Kier alpha value is -0.910. The molecule has 0 aliphatic rings. The zero-order valence-corrected chi connectivity index (χ0v) is 71.3. The summed E-state index contributed by atoms with van der Waals surface area (Å²) in [6.45, 7) is 10.4. The van der Waals surface area contributed by atoms with Crippen molar-refractivity contribution in [2.75, 3.05) is 35.8 Å². The van der Waals surface area contributed by atoms with Crippen molar-refractivity contribution in [3.63, 3.8) is 0 Å². The second-order valence-electron chi connectivity index (χ2n) is 30.7. The van der Waals surface area contributed by atoms with Crippen molar-refractivity contribution in [1.82, 2.24) is 0 Å². The van der Waals surface area contributed by atoms with Gasteiger partial charge in [-0.2, -0.15) is 0 Å². The molecule has 0 aromatic heterocycles. The highest BCUT2D eigenvalue weighted by Gasteiger charge is 2.38. The second kappa shape index (κ2) is 70.7. The number of ether oxygens (including phenoxy) is 3. The van der Waals surface area contributed by atoms with E-state index in [4.69, 9.17) is 27.8 Å². The van der Waals surface area contributed by atoms with Gasteiger partial charge in [0.15, 0.2) is 0 Å². The zero-order valence-electron chi connectivity index (χ0n) is 65.6. The van der Waals surface area contributed by atoms with E-state index in [9.17, 15) is 0 Å². The Morgan fingerprint density at radius 3 is 0.624 bits per heavy atom. The lowest BCUT2D eigenvalue weighted by Crippen LogP contribution is -2.28. The first kappa shape index (κ1) is 94.3. The van der Waals surface area contributed by atoms with Crippen molar-refractivity contribution >= 4 is 55.6 Å². The second-order valence-corrected chi connectivity index (χ2v) is 34.1. The monoisotopic (exact) mass is 1620 g/mol. The third kappa shape index (κ3) is 56.9. The lowest BCUT2D eigenvalue weighted by molar-refractivity contribution is 0.00861. The van der Waals surface area contributed by atoms with Crippen LogP contribution in [0.15, 0.2) is 91.0 Å². The van der Waals surface area contributed by atoms with E-state index in [0.29, 0.717) is 74.9 Å². The summed E-state index contributed by atoms with van der Waals surface area (Å²) in [6, 6.07) is 31.6. The highest BCUT2D eigenvalue weighted by Crippen LogP contribution is 2.55. The molecule has 6 unspecified atom stereocenters. The van der Waals surface area contributed by atoms with Gasteiger partial charge in [-0.15, -0.1) is 0 Å². The maximum Gasteiger partial charge on any atom is 0.475 e. The van der Waals surface area contributed by atoms with E-state index in [1.807, 2.05) is 0 Å². The van der Waals surface area contributed by atoms with Crippen LogP contribution in [0, 0.1) is 17.8 Å². The van der Waals surface area contributed by atoms with Gasteiger partial charge >= 0.3 is 7.82 Å². The lowest BCUT2D eigenvalue weighted by atomic mass is 9.95. The lowest BCUT2D eigenvalue weighted by Gasteiger charge is -2.32. The molecule has 6 atom stereocenters. The Bertz CT molecular complexity index is 1960. The number of hydrogen-bond acceptors (Lipinski definition) is 7. The number of halogens is 3. The maximum absolute atomic E-state index is 16.2. The summed E-state index contributed by atoms with van der Waals surface area (Å²) in [4.78, 5) is 0. The van der Waals surface area contributed by atoms with Crippen molar-refractivity contribution in [1.29, 1.82) is 0 Å². The fourth-order valence-electron chi connectivity index (χ4n) is 14.6. The first-order valence-corrected chi connectivity index (χ1v) is 47.8. The van der Waals surface area contributed by atoms with Gasteiger partial charge in [0, 0.05) is 35.8 Å². The Morgan fingerprint density at radius 2 is 0.446 bits per heavy atom. The fraction of sp³-hybridized carbons (Fsp3) is 0.800. The number of phosphoric acid groups is 1. The summed E-state index contributed by atoms with van der Waals surface area (Å²) >= 11 is 11.7. The van der Waals surface area contributed by atoms with Crippen LogP contribution in [0.25, 0.3) is 0 Å². The largest absolute Gasteiger partial charge is 0.475 e. The third-order valence-electron chi connectivity index (χ3n) is 20.9. The molecule has 0 saturated heterocycles. The normalized spacial score (nSPS) is 14.3. The van der Waals surface area contributed by atoms with Crippen LogP contribution >= 0.6 is 55.6 Å². The number of phosphoric ester groups is 1. The van der Waals surface area contributed by atoms with E-state index < -0.39 is 26.1 Å². The smallest absolute Gasteiger partial charge is 0.376 e. The third-order valence-corrected chi connectivity index (χ3v) is 24.8. The van der Waals surface area contributed by atoms with Crippen LogP contribution in [0.4, 0.5) is 0 Å². The predicted octanol–water partition coefficient (Wildman–Crippen LogP) is 31.1. The van der Waals surface area contributed by atoms with Crippen LogP contribution in [0.1, 0.15) is 384 Å². The Labute approximate surface area is 650 Å². The molecule has 11 heteroatoms. The standard InChI is InChI=1S/C90H156Br3O7P/c1-4-7-10-13-16-19-22-25-28-31-34-37-40-43-46-52-67-85(79-95-76-82-61-55-49-56-62-82)70-88(73-91)98-101(94,99-89(74-92)71-86(80-96-77-83-63-57-50-58-64-83)68-53-47-44-41-38-35-32-29-26-23-20-17-14-11-8-5-2)100-90(75-93)72-87(81-97-78-84-65-59-51-60-66-84)69-54-48-45-42-39-36-33-30-27-24-21-18-15-12-9-6-3/h49-51,55-66,85-90H,4-48,52-54,67-81H2,1-3H3. The van der Waals surface area contributed by atoms with Gasteiger partial charge in [0.05, 0.1) is 38.1 Å². The van der Waals surface area contributed by atoms with Crippen molar-refractivity contribution in [2.45, 2.75) is 406 Å². The minimum absolute atomic E-state index is 0.206. The summed E-state index contributed by atoms with van der Waals surface area (Å²) in [5, 5.41) is 1.50. The molecule has 0 amide bonds. The van der Waals surface area contributed by atoms with Crippen molar-refractivity contribution in [2.24, 2.45) is 17.8 Å². The Kier molecular flexibility index (Phi) is 66.0. The van der Waals surface area contributed by atoms with Gasteiger partial charge in [-0.05, 0) is 73.0 Å². The molecule has 584 valence electrons. The molecule has 0 aliphatic carbocycles. The minimum atomic E-state index is -4.23. The summed E-state index contributed by atoms with van der Waals surface area (Å²) in [5.74, 6) is 0.617. The zero-order chi connectivity index (χ0) is 72.1. The Morgan fingerprint density at radius 1 is 0.267 bits per heavy atom. The maximum atomic E-state index is 16.2. The van der Waals surface area contributed by atoms with E-state index in [1.54, 1.807) is 0 Å².